The zero-order valence-corrected chi connectivity index (χ0v) is 16.7. The van der Waals surface area contributed by atoms with E-state index in [9.17, 15) is 4.79 Å². The van der Waals surface area contributed by atoms with Gasteiger partial charge in [-0.2, -0.15) is 0 Å². The van der Waals surface area contributed by atoms with Crippen LogP contribution in [0.2, 0.25) is 0 Å². The highest BCUT2D eigenvalue weighted by Crippen LogP contribution is 2.31. The van der Waals surface area contributed by atoms with Gasteiger partial charge >= 0.3 is 0 Å². The van der Waals surface area contributed by atoms with Gasteiger partial charge in [0.25, 0.3) is 5.91 Å². The van der Waals surface area contributed by atoms with Crippen LogP contribution in [0, 0.1) is 13.8 Å². The molecule has 1 aliphatic heterocycles. The summed E-state index contributed by atoms with van der Waals surface area (Å²) in [6.45, 7) is 5.78. The zero-order chi connectivity index (χ0) is 20.2. The summed E-state index contributed by atoms with van der Waals surface area (Å²) in [6.07, 6.45) is 1.97. The SMILES string of the molecule is Cc1ccc(Oc2ccccc2)c(NC(=O)c2nnn(C3CCNCC3)c2C)c1. The van der Waals surface area contributed by atoms with E-state index in [0.717, 1.165) is 37.2 Å². The van der Waals surface area contributed by atoms with E-state index in [2.05, 4.69) is 20.9 Å². The zero-order valence-electron chi connectivity index (χ0n) is 16.7. The second-order valence-corrected chi connectivity index (χ2v) is 7.32. The molecule has 1 aliphatic rings. The van der Waals surface area contributed by atoms with Crippen LogP contribution < -0.4 is 15.4 Å². The Kier molecular flexibility index (Phi) is 5.57. The molecule has 4 rings (SSSR count). The number of carbonyl (C=O) groups excluding carboxylic acids is 1. The normalized spacial score (nSPS) is 14.6. The molecule has 29 heavy (non-hydrogen) atoms. The third-order valence-corrected chi connectivity index (χ3v) is 5.15. The van der Waals surface area contributed by atoms with Crippen LogP contribution in [0.4, 0.5) is 5.69 Å². The van der Waals surface area contributed by atoms with Crippen LogP contribution in [-0.2, 0) is 0 Å². The maximum Gasteiger partial charge on any atom is 0.278 e. The topological polar surface area (TPSA) is 81.1 Å². The van der Waals surface area contributed by atoms with Crippen molar-refractivity contribution in [3.63, 3.8) is 0 Å². The van der Waals surface area contributed by atoms with Gasteiger partial charge in [0.1, 0.15) is 5.75 Å². The van der Waals surface area contributed by atoms with E-state index in [0.29, 0.717) is 22.9 Å². The molecule has 1 aromatic heterocycles. The molecule has 0 spiro atoms. The first-order valence-corrected chi connectivity index (χ1v) is 9.89. The summed E-state index contributed by atoms with van der Waals surface area (Å²) in [5.41, 5.74) is 2.76. The van der Waals surface area contributed by atoms with Crippen molar-refractivity contribution in [3.8, 4) is 11.5 Å². The molecule has 0 bridgehead atoms. The molecule has 0 unspecified atom stereocenters. The number of carbonyl (C=O) groups is 1. The molecular formula is C22H25N5O2. The van der Waals surface area contributed by atoms with Gasteiger partial charge in [-0.3, -0.25) is 4.79 Å². The van der Waals surface area contributed by atoms with E-state index in [1.165, 1.54) is 0 Å². The quantitative estimate of drug-likeness (QED) is 0.690. The van der Waals surface area contributed by atoms with Crippen molar-refractivity contribution in [3.05, 3.63) is 65.5 Å². The smallest absolute Gasteiger partial charge is 0.278 e. The molecular weight excluding hydrogens is 366 g/mol. The number of piperidine rings is 1. The summed E-state index contributed by atoms with van der Waals surface area (Å²) in [4.78, 5) is 13.0. The monoisotopic (exact) mass is 391 g/mol. The molecule has 2 heterocycles. The lowest BCUT2D eigenvalue weighted by atomic mass is 10.1. The number of anilines is 1. The third-order valence-electron chi connectivity index (χ3n) is 5.15. The number of aromatic nitrogens is 3. The predicted octanol–water partition coefficient (Wildman–Crippen LogP) is 3.86. The van der Waals surface area contributed by atoms with Crippen LogP contribution in [0.25, 0.3) is 0 Å². The predicted molar refractivity (Wildman–Crippen MR) is 112 cm³/mol. The van der Waals surface area contributed by atoms with Gasteiger partial charge in [-0.25, -0.2) is 4.68 Å². The van der Waals surface area contributed by atoms with Gasteiger partial charge in [-0.15, -0.1) is 5.10 Å². The van der Waals surface area contributed by atoms with E-state index in [1.54, 1.807) is 0 Å². The number of ether oxygens (including phenoxy) is 1. The molecule has 2 N–H and O–H groups in total. The van der Waals surface area contributed by atoms with Gasteiger partial charge < -0.3 is 15.4 Å². The van der Waals surface area contributed by atoms with E-state index in [-0.39, 0.29) is 11.9 Å². The summed E-state index contributed by atoms with van der Waals surface area (Å²) in [5.74, 6) is 1.00. The van der Waals surface area contributed by atoms with Crippen LogP contribution in [0.15, 0.2) is 48.5 Å². The first-order chi connectivity index (χ1) is 14.1. The largest absolute Gasteiger partial charge is 0.455 e. The minimum atomic E-state index is -0.286. The standard InChI is InChI=1S/C22H25N5O2/c1-15-8-9-20(29-18-6-4-3-5-7-18)19(14-15)24-22(28)21-16(2)27(26-25-21)17-10-12-23-13-11-17/h3-9,14,17,23H,10-13H2,1-2H3,(H,24,28). The molecule has 1 fully saturated rings. The molecule has 7 nitrogen and oxygen atoms in total. The third kappa shape index (κ3) is 4.30. The number of benzene rings is 2. The van der Waals surface area contributed by atoms with Crippen LogP contribution >= 0.6 is 0 Å². The number of amides is 1. The Morgan fingerprint density at radius 1 is 1.14 bits per heavy atom. The van der Waals surface area contributed by atoms with E-state index < -0.39 is 0 Å². The van der Waals surface area contributed by atoms with Crippen molar-refractivity contribution in [1.82, 2.24) is 20.3 Å². The lowest BCUT2D eigenvalue weighted by Crippen LogP contribution is -2.30. The summed E-state index contributed by atoms with van der Waals surface area (Å²) >= 11 is 0. The minimum absolute atomic E-state index is 0.279. The molecule has 0 atom stereocenters. The van der Waals surface area contributed by atoms with E-state index in [4.69, 9.17) is 4.74 Å². The Morgan fingerprint density at radius 2 is 1.90 bits per heavy atom. The van der Waals surface area contributed by atoms with E-state index >= 15 is 0 Å². The summed E-state index contributed by atoms with van der Waals surface area (Å²) < 4.78 is 7.85. The van der Waals surface area contributed by atoms with Crippen molar-refractivity contribution in [2.24, 2.45) is 0 Å². The van der Waals surface area contributed by atoms with E-state index in [1.807, 2.05) is 67.1 Å². The van der Waals surface area contributed by atoms with Crippen molar-refractivity contribution in [2.75, 3.05) is 18.4 Å². The molecule has 3 aromatic rings. The Morgan fingerprint density at radius 3 is 2.66 bits per heavy atom. The maximum absolute atomic E-state index is 13.0. The maximum atomic E-state index is 13.0. The number of nitrogens with zero attached hydrogens (tertiary/aromatic N) is 3. The average Bonchev–Trinajstić information content (AvgIpc) is 3.13. The molecule has 0 radical (unpaired) electrons. The first-order valence-electron chi connectivity index (χ1n) is 9.89. The fourth-order valence-corrected chi connectivity index (χ4v) is 3.58. The number of hydrogen-bond acceptors (Lipinski definition) is 5. The Hall–Kier alpha value is -3.19. The summed E-state index contributed by atoms with van der Waals surface area (Å²) in [5, 5.41) is 14.7. The minimum Gasteiger partial charge on any atom is -0.455 e. The van der Waals surface area contributed by atoms with Gasteiger partial charge in [0.15, 0.2) is 11.4 Å². The molecule has 150 valence electrons. The van der Waals surface area contributed by atoms with Crippen LogP contribution in [-0.4, -0.2) is 34.0 Å². The average molecular weight is 391 g/mol. The van der Waals surface area contributed by atoms with Crippen molar-refractivity contribution < 1.29 is 9.53 Å². The molecule has 1 amide bonds. The summed E-state index contributed by atoms with van der Waals surface area (Å²) in [7, 11) is 0. The lowest BCUT2D eigenvalue weighted by Gasteiger charge is -2.23. The van der Waals surface area contributed by atoms with Crippen LogP contribution in [0.1, 0.15) is 40.6 Å². The molecule has 2 aromatic carbocycles. The fraction of sp³-hybridized carbons (Fsp3) is 0.318. The number of nitrogens with one attached hydrogen (secondary N) is 2. The highest BCUT2D eigenvalue weighted by molar-refractivity contribution is 6.04. The van der Waals surface area contributed by atoms with Gasteiger partial charge in [0, 0.05) is 0 Å². The van der Waals surface area contributed by atoms with Crippen molar-refractivity contribution in [2.45, 2.75) is 32.7 Å². The number of hydrogen-bond donors (Lipinski definition) is 2. The van der Waals surface area contributed by atoms with Crippen molar-refractivity contribution in [1.29, 1.82) is 0 Å². The van der Waals surface area contributed by atoms with Crippen LogP contribution in [0.5, 0.6) is 11.5 Å². The lowest BCUT2D eigenvalue weighted by molar-refractivity contribution is 0.102. The second-order valence-electron chi connectivity index (χ2n) is 7.32. The Balaban J connectivity index is 1.55. The van der Waals surface area contributed by atoms with Crippen molar-refractivity contribution >= 4 is 11.6 Å². The molecule has 1 saturated heterocycles. The Labute approximate surface area is 170 Å². The second kappa shape index (κ2) is 8.45. The fourth-order valence-electron chi connectivity index (χ4n) is 3.58. The Bertz CT molecular complexity index is 994. The van der Waals surface area contributed by atoms with Gasteiger partial charge in [0.05, 0.1) is 17.4 Å². The number of rotatable bonds is 5. The highest BCUT2D eigenvalue weighted by Gasteiger charge is 2.23. The van der Waals surface area contributed by atoms with Gasteiger partial charge in [0.2, 0.25) is 0 Å². The number of para-hydroxylation sites is 1. The van der Waals surface area contributed by atoms with Gasteiger partial charge in [-0.1, -0.05) is 29.5 Å². The molecule has 0 saturated carbocycles. The number of aryl methyl sites for hydroxylation is 1. The first kappa shape index (κ1) is 19.1. The van der Waals surface area contributed by atoms with Gasteiger partial charge in [-0.05, 0) is 69.6 Å². The summed E-state index contributed by atoms with van der Waals surface area (Å²) in [6, 6.07) is 15.5. The highest BCUT2D eigenvalue weighted by atomic mass is 16.5. The molecule has 7 heteroatoms. The molecule has 0 aliphatic carbocycles. The van der Waals surface area contributed by atoms with Crippen LogP contribution in [0.3, 0.4) is 0 Å².